The minimum absolute atomic E-state index is 0.464. The second kappa shape index (κ2) is 4.13. The third-order valence-corrected chi connectivity index (χ3v) is 2.30. The first-order valence-corrected chi connectivity index (χ1v) is 4.98. The molecule has 1 fully saturated rings. The molecule has 1 heterocycles. The quantitative estimate of drug-likeness (QED) is 0.612. The third kappa shape index (κ3) is 3.80. The summed E-state index contributed by atoms with van der Waals surface area (Å²) in [4.78, 5) is 2.39. The molecule has 1 atom stereocenters. The lowest BCUT2D eigenvalue weighted by molar-refractivity contribution is 0.143. The van der Waals surface area contributed by atoms with Gasteiger partial charge in [0.15, 0.2) is 0 Å². The molecular formula is C11H19NO. The molecule has 74 valence electrons. The van der Waals surface area contributed by atoms with Crippen LogP contribution in [-0.4, -0.2) is 35.2 Å². The van der Waals surface area contributed by atoms with E-state index in [0.717, 1.165) is 26.1 Å². The second-order valence-corrected chi connectivity index (χ2v) is 4.21. The summed E-state index contributed by atoms with van der Waals surface area (Å²) in [7, 11) is 0. The average molecular weight is 181 g/mol. The van der Waals surface area contributed by atoms with Crippen LogP contribution in [0, 0.1) is 17.8 Å². The molecule has 0 aromatic carbocycles. The highest BCUT2D eigenvalue weighted by Crippen LogP contribution is 2.14. The molecule has 13 heavy (non-hydrogen) atoms. The Balaban J connectivity index is 2.43. The van der Waals surface area contributed by atoms with Gasteiger partial charge < -0.3 is 10.0 Å². The summed E-state index contributed by atoms with van der Waals surface area (Å²) in [5.74, 6) is 6.50. The molecular weight excluding hydrogens is 162 g/mol. The topological polar surface area (TPSA) is 23.5 Å². The number of nitrogens with zero attached hydrogens (tertiary/aromatic N) is 1. The molecule has 2 nitrogen and oxygen atoms in total. The lowest BCUT2D eigenvalue weighted by Gasteiger charge is -2.10. The molecule has 0 spiro atoms. The minimum Gasteiger partial charge on any atom is -0.378 e. The molecule has 1 rings (SSSR count). The lowest BCUT2D eigenvalue weighted by Crippen LogP contribution is -2.20. The molecule has 0 aliphatic carbocycles. The number of aliphatic hydroxyl groups is 1. The SMILES string of the molecule is CCN1CCC(C#CC(C)(C)O)C1. The summed E-state index contributed by atoms with van der Waals surface area (Å²) >= 11 is 0. The van der Waals surface area contributed by atoms with E-state index in [2.05, 4.69) is 23.7 Å². The minimum atomic E-state index is -0.834. The van der Waals surface area contributed by atoms with E-state index in [1.807, 2.05) is 0 Å². The van der Waals surface area contributed by atoms with Crippen molar-refractivity contribution < 1.29 is 5.11 Å². The summed E-state index contributed by atoms with van der Waals surface area (Å²) < 4.78 is 0. The molecule has 0 aromatic heterocycles. The van der Waals surface area contributed by atoms with Gasteiger partial charge in [0.25, 0.3) is 0 Å². The Hall–Kier alpha value is -0.520. The summed E-state index contributed by atoms with van der Waals surface area (Å²) in [5, 5.41) is 9.41. The van der Waals surface area contributed by atoms with Crippen LogP contribution in [0.4, 0.5) is 0 Å². The van der Waals surface area contributed by atoms with Gasteiger partial charge >= 0.3 is 0 Å². The van der Waals surface area contributed by atoms with Gasteiger partial charge in [-0.15, -0.1) is 0 Å². The van der Waals surface area contributed by atoms with Gasteiger partial charge in [0.05, 0.1) is 0 Å². The van der Waals surface area contributed by atoms with E-state index in [4.69, 9.17) is 0 Å². The average Bonchev–Trinajstić information content (AvgIpc) is 2.47. The van der Waals surface area contributed by atoms with Crippen molar-refractivity contribution in [2.75, 3.05) is 19.6 Å². The third-order valence-electron chi connectivity index (χ3n) is 2.30. The zero-order chi connectivity index (χ0) is 9.90. The van der Waals surface area contributed by atoms with E-state index >= 15 is 0 Å². The van der Waals surface area contributed by atoms with Crippen LogP contribution < -0.4 is 0 Å². The van der Waals surface area contributed by atoms with E-state index in [9.17, 15) is 5.11 Å². The molecule has 0 radical (unpaired) electrons. The Bertz CT molecular complexity index is 218. The Labute approximate surface area is 80.9 Å². The molecule has 1 N–H and O–H groups in total. The maximum Gasteiger partial charge on any atom is 0.119 e. The summed E-state index contributed by atoms with van der Waals surface area (Å²) in [6, 6.07) is 0. The monoisotopic (exact) mass is 181 g/mol. The fraction of sp³-hybridized carbons (Fsp3) is 0.818. The molecule has 0 bridgehead atoms. The van der Waals surface area contributed by atoms with E-state index < -0.39 is 5.60 Å². The molecule has 0 amide bonds. The number of hydrogen-bond acceptors (Lipinski definition) is 2. The number of hydrogen-bond donors (Lipinski definition) is 1. The summed E-state index contributed by atoms with van der Waals surface area (Å²) in [5.41, 5.74) is -0.834. The highest BCUT2D eigenvalue weighted by atomic mass is 16.3. The summed E-state index contributed by atoms with van der Waals surface area (Å²) in [6.07, 6.45) is 1.15. The van der Waals surface area contributed by atoms with Crippen LogP contribution in [0.5, 0.6) is 0 Å². The van der Waals surface area contributed by atoms with Crippen LogP contribution >= 0.6 is 0 Å². The number of likely N-dealkylation sites (tertiary alicyclic amines) is 1. The second-order valence-electron chi connectivity index (χ2n) is 4.21. The van der Waals surface area contributed by atoms with Gasteiger partial charge in [-0.2, -0.15) is 0 Å². The van der Waals surface area contributed by atoms with Crippen molar-refractivity contribution >= 4 is 0 Å². The van der Waals surface area contributed by atoms with Crippen LogP contribution in [0.2, 0.25) is 0 Å². The van der Waals surface area contributed by atoms with Gasteiger partial charge in [0, 0.05) is 12.5 Å². The molecule has 1 aliphatic heterocycles. The van der Waals surface area contributed by atoms with Gasteiger partial charge in [-0.05, 0) is 33.4 Å². The smallest absolute Gasteiger partial charge is 0.119 e. The van der Waals surface area contributed by atoms with Crippen LogP contribution in [-0.2, 0) is 0 Å². The Morgan fingerprint density at radius 1 is 1.54 bits per heavy atom. The van der Waals surface area contributed by atoms with E-state index in [1.165, 1.54) is 0 Å². The van der Waals surface area contributed by atoms with Gasteiger partial charge in [-0.25, -0.2) is 0 Å². The summed E-state index contributed by atoms with van der Waals surface area (Å²) in [6.45, 7) is 8.97. The lowest BCUT2D eigenvalue weighted by atomic mass is 10.1. The Morgan fingerprint density at radius 2 is 2.23 bits per heavy atom. The van der Waals surface area contributed by atoms with E-state index in [-0.39, 0.29) is 0 Å². The molecule has 1 aliphatic rings. The van der Waals surface area contributed by atoms with Gasteiger partial charge in [0.1, 0.15) is 5.60 Å². The highest BCUT2D eigenvalue weighted by molar-refractivity contribution is 5.14. The van der Waals surface area contributed by atoms with E-state index in [0.29, 0.717) is 5.92 Å². The maximum absolute atomic E-state index is 9.41. The fourth-order valence-corrected chi connectivity index (χ4v) is 1.52. The van der Waals surface area contributed by atoms with Crippen molar-refractivity contribution in [3.8, 4) is 11.8 Å². The Morgan fingerprint density at radius 3 is 2.69 bits per heavy atom. The van der Waals surface area contributed by atoms with Crippen molar-refractivity contribution in [1.29, 1.82) is 0 Å². The van der Waals surface area contributed by atoms with Gasteiger partial charge in [0.2, 0.25) is 0 Å². The Kier molecular flexibility index (Phi) is 3.35. The molecule has 1 unspecified atom stereocenters. The number of rotatable bonds is 1. The first-order valence-electron chi connectivity index (χ1n) is 4.98. The van der Waals surface area contributed by atoms with Crippen LogP contribution in [0.15, 0.2) is 0 Å². The van der Waals surface area contributed by atoms with Crippen LogP contribution in [0.25, 0.3) is 0 Å². The van der Waals surface area contributed by atoms with Crippen LogP contribution in [0.1, 0.15) is 27.2 Å². The van der Waals surface area contributed by atoms with Gasteiger partial charge in [-0.1, -0.05) is 18.8 Å². The van der Waals surface area contributed by atoms with E-state index in [1.54, 1.807) is 13.8 Å². The van der Waals surface area contributed by atoms with Crippen molar-refractivity contribution in [2.45, 2.75) is 32.8 Å². The highest BCUT2D eigenvalue weighted by Gasteiger charge is 2.19. The van der Waals surface area contributed by atoms with Crippen LogP contribution in [0.3, 0.4) is 0 Å². The van der Waals surface area contributed by atoms with Crippen molar-refractivity contribution in [3.05, 3.63) is 0 Å². The zero-order valence-corrected chi connectivity index (χ0v) is 8.80. The van der Waals surface area contributed by atoms with Crippen molar-refractivity contribution in [1.82, 2.24) is 4.90 Å². The molecule has 1 saturated heterocycles. The first kappa shape index (κ1) is 10.6. The fourth-order valence-electron chi connectivity index (χ4n) is 1.52. The first-order chi connectivity index (χ1) is 6.01. The van der Waals surface area contributed by atoms with Crippen molar-refractivity contribution in [3.63, 3.8) is 0 Å². The van der Waals surface area contributed by atoms with Crippen molar-refractivity contribution in [2.24, 2.45) is 5.92 Å². The molecule has 0 aromatic rings. The standard InChI is InChI=1S/C11H19NO/c1-4-12-8-6-10(9-12)5-7-11(2,3)13/h10,13H,4,6,8-9H2,1-3H3. The predicted octanol–water partition coefficient (Wildman–Crippen LogP) is 1.10. The normalized spacial score (nSPS) is 24.2. The molecule has 0 saturated carbocycles. The molecule has 2 heteroatoms. The predicted molar refractivity (Wildman–Crippen MR) is 54.3 cm³/mol. The largest absolute Gasteiger partial charge is 0.378 e. The maximum atomic E-state index is 9.41. The van der Waals surface area contributed by atoms with Gasteiger partial charge in [-0.3, -0.25) is 0 Å². The zero-order valence-electron chi connectivity index (χ0n) is 8.80.